The fourth-order valence-electron chi connectivity index (χ4n) is 7.00. The quantitative estimate of drug-likeness (QED) is 0.0251. The van der Waals surface area contributed by atoms with Crippen molar-refractivity contribution in [1.29, 1.82) is 0 Å². The zero-order chi connectivity index (χ0) is 63.9. The van der Waals surface area contributed by atoms with Crippen LogP contribution < -0.4 is 5.73 Å². The van der Waals surface area contributed by atoms with Gasteiger partial charge >= 0.3 is 17.9 Å². The molecule has 85 heavy (non-hydrogen) atoms. The second kappa shape index (κ2) is 30.3. The van der Waals surface area contributed by atoms with Crippen molar-refractivity contribution < 1.29 is 76.9 Å². The Kier molecular flexibility index (Phi) is 25.0. The van der Waals surface area contributed by atoms with Crippen LogP contribution in [-0.4, -0.2) is 121 Å². The number of nitrogens with two attached hydrogens (primary N) is 1. The van der Waals surface area contributed by atoms with Crippen LogP contribution in [0, 0.1) is 20.2 Å². The van der Waals surface area contributed by atoms with Crippen LogP contribution in [0.15, 0.2) is 184 Å². The summed E-state index contributed by atoms with van der Waals surface area (Å²) >= 11 is 12.5. The molecule has 0 aliphatic carbocycles. The van der Waals surface area contributed by atoms with Crippen LogP contribution >= 0.6 is 74.4 Å². The molecule has 0 bridgehead atoms. The number of rotatable bonds is 10. The third-order valence-electron chi connectivity index (χ3n) is 10.7. The maximum atomic E-state index is 12.6. The van der Waals surface area contributed by atoms with Crippen LogP contribution in [0.3, 0.4) is 0 Å². The van der Waals surface area contributed by atoms with Gasteiger partial charge in [-0.15, -0.1) is 0 Å². The third kappa shape index (κ3) is 17.3. The molecule has 3 N–H and O–H groups in total. The molecule has 0 unspecified atom stereocenters. The van der Waals surface area contributed by atoms with Gasteiger partial charge in [-0.3, -0.25) is 25.0 Å². The van der Waals surface area contributed by atoms with Gasteiger partial charge in [-0.2, -0.15) is 7.74 Å². The van der Waals surface area contributed by atoms with Gasteiger partial charge in [0.05, 0.1) is 41.8 Å². The highest BCUT2D eigenvalue weighted by molar-refractivity contribution is 9.11. The van der Waals surface area contributed by atoms with E-state index >= 15 is 0 Å². The van der Waals surface area contributed by atoms with Crippen LogP contribution in [0.25, 0.3) is 0 Å². The summed E-state index contributed by atoms with van der Waals surface area (Å²) in [6.07, 6.45) is 5.56. The molecule has 5 heterocycles. The Morgan fingerprint density at radius 1 is 0.635 bits per heavy atom. The standard InChI is InChI=1S/C12H9BrN2O6S.C12H11BrN2O4S.C12H8BrNO3S.C6H3BrClNO4S.C6H7NO2.B2H3/c1-21-12(16)9-3-2-6-14(9)22(19,20)11-5-4-8(13)7-10(11)15(17)18;1-19-12(16)10-3-2-6-15(10)20(17,18)11-5-4-8(13)7-9(11)14;13-9-3-4-12-8(6-9)7-11(15)10-2-1-5-14(10)18(12,16)17;7-4-1-2-6(14(8,12)13)5(3-4)9(10)11;1-9-6(8)5-3-2-4-7-5;1-2/h2-7H,1H3;2-7H,14H2,1H3;1-6H,7H2;1-3H;2-4,7H,1H3;1H3/q;;;;;-1. The number of methoxy groups -OCH3 is 3. The first-order valence-electron chi connectivity index (χ1n) is 22.2. The Morgan fingerprint density at radius 2 is 1.07 bits per heavy atom. The van der Waals surface area contributed by atoms with E-state index < -0.39 is 82.1 Å². The highest BCUT2D eigenvalue weighted by Crippen LogP contribution is 2.33. The number of aromatic nitrogens is 4. The average Bonchev–Trinajstić information content (AvgIpc) is 2.31. The fourth-order valence-corrected chi connectivity index (χ4v) is 14.0. The summed E-state index contributed by atoms with van der Waals surface area (Å²) in [5.41, 5.74) is 5.56. The summed E-state index contributed by atoms with van der Waals surface area (Å²) in [7, 11) is -2.38. The van der Waals surface area contributed by atoms with E-state index in [4.69, 9.17) is 24.2 Å². The van der Waals surface area contributed by atoms with Crippen molar-refractivity contribution in [3.05, 3.63) is 213 Å². The third-order valence-corrected chi connectivity index (χ3v) is 19.3. The van der Waals surface area contributed by atoms with E-state index in [9.17, 15) is 73.1 Å². The SMILES string of the molecule is COC(=O)c1ccc[nH]1.COC(=O)c1cccn1S(=O)(=O)c1ccc(Br)cc1N.COC(=O)c1cccn1S(=O)(=O)c1ccc(Br)cc1[N+](=O)[O-].O=C1Cc2cc(Br)ccc2S(=O)(=O)n2cccc21.O=[N+]([O-])c1cc(Br)ccc1S(=O)(=O)Cl.[B][BH3-]. The first kappa shape index (κ1) is 70.3. The number of benzene rings is 4. The fraction of sp³-hybridized carbons (Fsp3) is 0.0833. The summed E-state index contributed by atoms with van der Waals surface area (Å²) in [5, 5.41) is 21.6. The van der Waals surface area contributed by atoms with E-state index in [1.807, 2.05) is 0 Å². The zero-order valence-corrected chi connectivity index (χ0v) is 53.1. The van der Waals surface area contributed by atoms with Crippen molar-refractivity contribution in [3.63, 3.8) is 0 Å². The Balaban J connectivity index is 0.000000231. The largest absolute Gasteiger partial charge is 0.464 e. The summed E-state index contributed by atoms with van der Waals surface area (Å²) in [5.74, 6) is -2.14. The van der Waals surface area contributed by atoms with Gasteiger partial charge in [0.15, 0.2) is 15.6 Å². The number of nitro groups is 2. The number of carbonyl (C=O) groups excluding carboxylic acids is 4. The van der Waals surface area contributed by atoms with E-state index in [0.717, 1.165) is 50.0 Å². The molecule has 4 aromatic heterocycles. The Hall–Kier alpha value is -7.18. The number of halogens is 5. The molecule has 0 fully saturated rings. The number of ketones is 1. The molecule has 9 rings (SSSR count). The van der Waals surface area contributed by atoms with Crippen LogP contribution in [0.4, 0.5) is 17.1 Å². The summed E-state index contributed by atoms with van der Waals surface area (Å²) < 4.78 is 115. The van der Waals surface area contributed by atoms with E-state index in [1.165, 1.54) is 87.3 Å². The molecule has 8 aromatic rings. The van der Waals surface area contributed by atoms with Gasteiger partial charge in [-0.1, -0.05) is 71.5 Å². The molecule has 26 nitrogen and oxygen atoms in total. The molecule has 0 spiro atoms. The number of esters is 3. The molecule has 37 heteroatoms. The number of ether oxygens (including phenoxy) is 3. The smallest absolute Gasteiger partial charge is 0.355 e. The van der Waals surface area contributed by atoms with E-state index in [0.29, 0.717) is 28.6 Å². The van der Waals surface area contributed by atoms with E-state index in [1.54, 1.807) is 42.6 Å². The molecular formula is C48H41B2Br4ClN7O19S4-. The number of carbonyl (C=O) groups is 4. The lowest BCUT2D eigenvalue weighted by atomic mass is 9.81. The molecule has 1 aliphatic rings. The number of nitrogen functional groups attached to an aromatic ring is 1. The molecule has 0 atom stereocenters. The van der Waals surface area contributed by atoms with E-state index in [2.05, 4.69) is 82.9 Å². The molecule has 0 amide bonds. The van der Waals surface area contributed by atoms with Crippen LogP contribution in [-0.2, 0) is 59.8 Å². The minimum Gasteiger partial charge on any atom is -0.464 e. The molecule has 2 radical (unpaired) electrons. The number of anilines is 1. The van der Waals surface area contributed by atoms with Crippen LogP contribution in [0.5, 0.6) is 0 Å². The normalized spacial score (nSPS) is 12.0. The molecule has 1 aliphatic heterocycles. The number of hydrogen-bond donors (Lipinski definition) is 2. The maximum absolute atomic E-state index is 12.6. The highest BCUT2D eigenvalue weighted by Gasteiger charge is 2.32. The number of nitro benzene ring substituents is 2. The second-order valence-corrected chi connectivity index (χ2v) is 27.4. The Morgan fingerprint density at radius 3 is 1.53 bits per heavy atom. The predicted molar refractivity (Wildman–Crippen MR) is 327 cm³/mol. The first-order chi connectivity index (χ1) is 39.8. The van der Waals surface area contributed by atoms with Gasteiger partial charge in [-0.05, 0) is 115 Å². The molecule has 0 saturated carbocycles. The maximum Gasteiger partial charge on any atom is 0.355 e. The molecule has 448 valence electrons. The topological polar surface area (TPSA) is 375 Å². The van der Waals surface area contributed by atoms with Gasteiger partial charge < -0.3 is 24.9 Å². The minimum absolute atomic E-state index is 0.0814. The van der Waals surface area contributed by atoms with E-state index in [-0.39, 0.29) is 58.5 Å². The molecule has 0 saturated heterocycles. The van der Waals surface area contributed by atoms with Crippen LogP contribution in [0.1, 0.15) is 47.5 Å². The van der Waals surface area contributed by atoms with Crippen molar-refractivity contribution in [2.24, 2.45) is 0 Å². The summed E-state index contributed by atoms with van der Waals surface area (Å²) in [6.45, 7) is 0. The van der Waals surface area contributed by atoms with Crippen molar-refractivity contribution in [2.45, 2.75) is 26.0 Å². The lowest BCUT2D eigenvalue weighted by Crippen LogP contribution is -2.19. The number of nitrogens with one attached hydrogen (secondary N) is 1. The number of aromatic amines is 1. The van der Waals surface area contributed by atoms with Gasteiger partial charge in [-0.25, -0.2) is 60.0 Å². The molecule has 4 aromatic carbocycles. The minimum atomic E-state index is -4.32. The number of Topliss-reactive ketones (excluding diaryl/α,β-unsaturated/α-hetero) is 1. The second-order valence-electron chi connectivity index (χ2n) is 15.9. The highest BCUT2D eigenvalue weighted by atomic mass is 79.9. The first-order valence-corrected chi connectivity index (χ1v) is 32.0. The monoisotopic (exact) mass is 1520 g/mol. The lowest BCUT2D eigenvalue weighted by molar-refractivity contribution is -0.388. The predicted octanol–water partition coefficient (Wildman–Crippen LogP) is 7.79. The van der Waals surface area contributed by atoms with Gasteiger partial charge in [0.2, 0.25) is 0 Å². The number of fused-ring (bicyclic) bond motifs is 2. The molecular weight excluding hydrogens is 1480 g/mol. The number of hydrogen-bond acceptors (Lipinski definition) is 20. The van der Waals surface area contributed by atoms with Gasteiger partial charge in [0.1, 0.15) is 27.7 Å². The number of H-pyrrole nitrogens is 1. The number of nitrogens with zero attached hydrogens (tertiary/aromatic N) is 5. The van der Waals surface area contributed by atoms with Crippen LogP contribution in [0.2, 0.25) is 0 Å². The van der Waals surface area contributed by atoms with Crippen molar-refractivity contribution >= 4 is 170 Å². The van der Waals surface area contributed by atoms with Crippen molar-refractivity contribution in [1.82, 2.24) is 16.9 Å². The Bertz CT molecular complexity index is 4300. The zero-order valence-electron chi connectivity index (χ0n) is 42.7. The Labute approximate surface area is 524 Å². The van der Waals surface area contributed by atoms with Gasteiger partial charge in [0.25, 0.3) is 50.5 Å². The average molecular weight is 1520 g/mol. The van der Waals surface area contributed by atoms with Crippen molar-refractivity contribution in [2.75, 3.05) is 27.1 Å². The lowest BCUT2D eigenvalue weighted by Gasteiger charge is -2.11. The summed E-state index contributed by atoms with van der Waals surface area (Å²) in [6, 6.07) is 28.2. The van der Waals surface area contributed by atoms with Crippen molar-refractivity contribution in [3.8, 4) is 0 Å². The summed E-state index contributed by atoms with van der Waals surface area (Å²) in [4.78, 5) is 67.6. The van der Waals surface area contributed by atoms with Gasteiger partial charge in [0, 0.05) is 71.9 Å².